The van der Waals surface area contributed by atoms with Crippen LogP contribution in [0.25, 0.3) is 16.8 Å². The number of hydrogen-bond donors (Lipinski definition) is 0. The molecule has 178 valence electrons. The highest BCUT2D eigenvalue weighted by Gasteiger charge is 2.09. The molecule has 2 aromatic heterocycles. The van der Waals surface area contributed by atoms with Crippen molar-refractivity contribution >= 4 is 0 Å². The summed E-state index contributed by atoms with van der Waals surface area (Å²) >= 11 is 0. The van der Waals surface area contributed by atoms with E-state index in [1.54, 1.807) is 0 Å². The van der Waals surface area contributed by atoms with Gasteiger partial charge in [-0.15, -0.1) is 0 Å². The Labute approximate surface area is 220 Å². The van der Waals surface area contributed by atoms with E-state index < -0.39 is 0 Å². The molecule has 0 N–H and O–H groups in total. The summed E-state index contributed by atoms with van der Waals surface area (Å²) < 4.78 is 10.3. The Morgan fingerprint density at radius 3 is 1.79 bits per heavy atom. The number of aromatic nitrogens is 2. The number of aryl methyl sites for hydroxylation is 1. The predicted molar refractivity (Wildman–Crippen MR) is 129 cm³/mol. The van der Waals surface area contributed by atoms with Gasteiger partial charge >= 0.3 is 0 Å². The van der Waals surface area contributed by atoms with E-state index in [0.29, 0.717) is 0 Å². The summed E-state index contributed by atoms with van der Waals surface area (Å²) in [6.45, 7) is 3.36. The predicted octanol–water partition coefficient (Wildman–Crippen LogP) is 0.689. The van der Waals surface area contributed by atoms with Gasteiger partial charge in [0.2, 0.25) is 5.69 Å². The molecule has 0 bridgehead atoms. The number of para-hydroxylation sites is 1. The molecule has 2 aromatic carbocycles. The summed E-state index contributed by atoms with van der Waals surface area (Å²) in [5.74, 6) is 1.68. The molecule has 5 heteroatoms. The van der Waals surface area contributed by atoms with E-state index in [1.807, 2.05) is 42.5 Å². The van der Waals surface area contributed by atoms with Crippen molar-refractivity contribution in [1.29, 1.82) is 0 Å². The summed E-state index contributed by atoms with van der Waals surface area (Å²) in [6, 6.07) is 26.8. The summed E-state index contributed by atoms with van der Waals surface area (Å²) in [5, 5.41) is 0. The zero-order valence-electron chi connectivity index (χ0n) is 19.6. The van der Waals surface area contributed by atoms with Crippen LogP contribution in [0, 0.1) is 0 Å². The standard InChI is InChI=1S/C29H32N2O.BrH.ClH/c1-2-3-4-5-9-20-30-21-16-25(17-22-30)26-18-23-31(24-19-26)27-12-14-29(15-13-27)32-28-10-7-6-8-11-28;;/h6-8,10-19,21-24H,2-5,9,20H2,1H3;2*1H/q+2;;/p-2. The van der Waals surface area contributed by atoms with E-state index in [-0.39, 0.29) is 29.4 Å². The van der Waals surface area contributed by atoms with Crippen molar-refractivity contribution in [2.75, 3.05) is 0 Å². The van der Waals surface area contributed by atoms with Crippen LogP contribution >= 0.6 is 0 Å². The smallest absolute Gasteiger partial charge is 0.210 e. The fraction of sp³-hybridized carbons (Fsp3) is 0.241. The van der Waals surface area contributed by atoms with Gasteiger partial charge in [-0.1, -0.05) is 44.4 Å². The maximum atomic E-state index is 5.89. The van der Waals surface area contributed by atoms with Crippen molar-refractivity contribution in [2.24, 2.45) is 0 Å². The molecule has 0 unspecified atom stereocenters. The molecule has 4 rings (SSSR count). The average molecular weight is 540 g/mol. The molecule has 0 atom stereocenters. The van der Waals surface area contributed by atoms with Crippen LogP contribution in [0.5, 0.6) is 11.5 Å². The van der Waals surface area contributed by atoms with Gasteiger partial charge in [0.05, 0.1) is 0 Å². The van der Waals surface area contributed by atoms with Gasteiger partial charge in [-0.2, -0.15) is 4.57 Å². The molecular formula is C29H32BrClN2O. The van der Waals surface area contributed by atoms with Gasteiger partial charge in [0, 0.05) is 42.8 Å². The van der Waals surface area contributed by atoms with Gasteiger partial charge in [0.1, 0.15) is 18.0 Å². The Kier molecular flexibility index (Phi) is 11.8. The van der Waals surface area contributed by atoms with Crippen LogP contribution in [0.15, 0.2) is 104 Å². The molecule has 0 saturated heterocycles. The van der Waals surface area contributed by atoms with Crippen molar-refractivity contribution in [1.82, 2.24) is 0 Å². The minimum atomic E-state index is 0. The Morgan fingerprint density at radius 1 is 0.618 bits per heavy atom. The Bertz CT molecular complexity index is 1090. The summed E-state index contributed by atoms with van der Waals surface area (Å²) in [7, 11) is 0. The first kappa shape index (κ1) is 27.6. The van der Waals surface area contributed by atoms with Crippen LogP contribution in [-0.2, 0) is 6.54 Å². The lowest BCUT2D eigenvalue weighted by atomic mass is 10.1. The number of hydrogen-bond acceptors (Lipinski definition) is 1. The first-order chi connectivity index (χ1) is 15.8. The Hall–Kier alpha value is -2.69. The number of rotatable bonds is 10. The number of pyridine rings is 2. The fourth-order valence-corrected chi connectivity index (χ4v) is 3.80. The Morgan fingerprint density at radius 2 is 1.18 bits per heavy atom. The van der Waals surface area contributed by atoms with Crippen LogP contribution in [-0.4, -0.2) is 0 Å². The molecule has 0 aliphatic heterocycles. The van der Waals surface area contributed by atoms with Crippen molar-refractivity contribution < 1.29 is 43.3 Å². The van der Waals surface area contributed by atoms with Gasteiger partial charge in [-0.25, -0.2) is 4.57 Å². The van der Waals surface area contributed by atoms with Gasteiger partial charge in [0.25, 0.3) is 0 Å². The number of ether oxygens (including phenoxy) is 1. The minimum absolute atomic E-state index is 0. The molecule has 0 aliphatic carbocycles. The van der Waals surface area contributed by atoms with Crippen molar-refractivity contribution in [3.63, 3.8) is 0 Å². The van der Waals surface area contributed by atoms with E-state index in [2.05, 4.69) is 77.2 Å². The third-order valence-electron chi connectivity index (χ3n) is 5.69. The summed E-state index contributed by atoms with van der Waals surface area (Å²) in [5.41, 5.74) is 3.57. The van der Waals surface area contributed by atoms with Crippen LogP contribution in [0.1, 0.15) is 39.0 Å². The monoisotopic (exact) mass is 538 g/mol. The SMILES string of the molecule is CCCCCCC[n+]1ccc(-c2cc[n+](-c3ccc(Oc4ccccc4)cc3)cc2)cc1.[Br-].[Cl-]. The third kappa shape index (κ3) is 7.96. The maximum Gasteiger partial charge on any atom is 0.210 e. The maximum absolute atomic E-state index is 5.89. The second-order valence-electron chi connectivity index (χ2n) is 8.14. The fourth-order valence-electron chi connectivity index (χ4n) is 3.80. The molecule has 4 aromatic rings. The second-order valence-corrected chi connectivity index (χ2v) is 8.14. The average Bonchev–Trinajstić information content (AvgIpc) is 2.86. The normalized spacial score (nSPS) is 10.1. The number of nitrogens with zero attached hydrogens (tertiary/aromatic N) is 2. The highest BCUT2D eigenvalue weighted by molar-refractivity contribution is 5.61. The molecule has 2 heterocycles. The lowest BCUT2D eigenvalue weighted by molar-refractivity contribution is -0.697. The molecule has 34 heavy (non-hydrogen) atoms. The molecule has 0 aliphatic rings. The lowest BCUT2D eigenvalue weighted by Gasteiger charge is -2.05. The topological polar surface area (TPSA) is 17.0 Å². The van der Waals surface area contributed by atoms with Crippen molar-refractivity contribution in [3.05, 3.63) is 104 Å². The molecule has 0 spiro atoms. The lowest BCUT2D eigenvalue weighted by Crippen LogP contribution is -3.00. The van der Waals surface area contributed by atoms with Gasteiger partial charge < -0.3 is 34.1 Å². The van der Waals surface area contributed by atoms with Crippen LogP contribution in [0.2, 0.25) is 0 Å². The van der Waals surface area contributed by atoms with Crippen LogP contribution in [0.3, 0.4) is 0 Å². The van der Waals surface area contributed by atoms with E-state index in [0.717, 1.165) is 23.7 Å². The molecule has 3 nitrogen and oxygen atoms in total. The molecule has 0 radical (unpaired) electrons. The van der Waals surface area contributed by atoms with Crippen LogP contribution < -0.4 is 43.3 Å². The number of halogens is 2. The molecule has 0 saturated carbocycles. The van der Waals surface area contributed by atoms with Gasteiger partial charge in [0.15, 0.2) is 24.8 Å². The first-order valence-corrected chi connectivity index (χ1v) is 11.7. The van der Waals surface area contributed by atoms with Crippen molar-refractivity contribution in [2.45, 2.75) is 45.6 Å². The van der Waals surface area contributed by atoms with E-state index in [9.17, 15) is 0 Å². The zero-order valence-corrected chi connectivity index (χ0v) is 22.0. The summed E-state index contributed by atoms with van der Waals surface area (Å²) in [4.78, 5) is 0. The molecule has 0 amide bonds. The van der Waals surface area contributed by atoms with Crippen LogP contribution in [0.4, 0.5) is 0 Å². The highest BCUT2D eigenvalue weighted by atomic mass is 79.9. The Balaban J connectivity index is 0.00000204. The van der Waals surface area contributed by atoms with Crippen molar-refractivity contribution in [3.8, 4) is 28.3 Å². The van der Waals surface area contributed by atoms with E-state index >= 15 is 0 Å². The second kappa shape index (κ2) is 14.5. The van der Waals surface area contributed by atoms with E-state index in [1.165, 1.54) is 43.2 Å². The number of unbranched alkanes of at least 4 members (excludes halogenated alkanes) is 4. The van der Waals surface area contributed by atoms with Gasteiger partial charge in [-0.05, 0) is 41.8 Å². The number of benzene rings is 2. The highest BCUT2D eigenvalue weighted by Crippen LogP contribution is 2.21. The zero-order chi connectivity index (χ0) is 22.0. The summed E-state index contributed by atoms with van der Waals surface area (Å²) in [6.07, 6.45) is 15.2. The quantitative estimate of drug-likeness (QED) is 0.214. The largest absolute Gasteiger partial charge is 1.00 e. The van der Waals surface area contributed by atoms with Gasteiger partial charge in [-0.3, -0.25) is 0 Å². The molecular weight excluding hydrogens is 508 g/mol. The first-order valence-electron chi connectivity index (χ1n) is 11.7. The molecule has 0 fully saturated rings. The third-order valence-corrected chi connectivity index (χ3v) is 5.69. The van der Waals surface area contributed by atoms with E-state index in [4.69, 9.17) is 4.74 Å². The minimum Gasteiger partial charge on any atom is -1.00 e.